The highest BCUT2D eigenvalue weighted by Gasteiger charge is 2.12. The van der Waals surface area contributed by atoms with Gasteiger partial charge in [-0.1, -0.05) is 22.8 Å². The largest absolute Gasteiger partial charge is 0.506 e. The molecule has 0 radical (unpaired) electrons. The minimum atomic E-state index is -4.84. The molecule has 10 heteroatoms. The number of hydrogen-bond donors (Lipinski definition) is 2. The van der Waals surface area contributed by atoms with E-state index in [4.69, 9.17) is 16.8 Å². The van der Waals surface area contributed by atoms with Crippen LogP contribution in [0, 0.1) is 0 Å². The van der Waals surface area contributed by atoms with E-state index in [1.807, 2.05) is 0 Å². The number of phenols is 1. The topological polar surface area (TPSA) is 112 Å². The van der Waals surface area contributed by atoms with Gasteiger partial charge in [0.15, 0.2) is 0 Å². The predicted octanol–water partition coefficient (Wildman–Crippen LogP) is 3.93. The van der Waals surface area contributed by atoms with Crippen LogP contribution in [0.25, 0.3) is 0 Å². The van der Waals surface area contributed by atoms with Gasteiger partial charge in [0.25, 0.3) is 0 Å². The van der Waals surface area contributed by atoms with E-state index in [1.54, 1.807) is 0 Å². The van der Waals surface area contributed by atoms with Gasteiger partial charge in [-0.2, -0.15) is 18.6 Å². The van der Waals surface area contributed by atoms with E-state index in [9.17, 15) is 17.4 Å². The summed E-state index contributed by atoms with van der Waals surface area (Å²) >= 11 is 5.80. The van der Waals surface area contributed by atoms with Crippen molar-refractivity contribution in [1.29, 1.82) is 0 Å². The lowest BCUT2D eigenvalue weighted by atomic mass is 10.2. The second kappa shape index (κ2) is 6.71. The van der Waals surface area contributed by atoms with Crippen molar-refractivity contribution in [3.8, 4) is 5.75 Å². The first kappa shape index (κ1) is 16.8. The van der Waals surface area contributed by atoms with Crippen LogP contribution in [-0.2, 0) is 10.2 Å². The van der Waals surface area contributed by atoms with Gasteiger partial charge < -0.3 is 10.3 Å². The molecule has 0 unspecified atom stereocenters. The Kier molecular flexibility index (Phi) is 4.92. The van der Waals surface area contributed by atoms with Gasteiger partial charge in [0, 0.05) is 5.56 Å². The molecule has 0 atom stereocenters. The Hall–Kier alpha value is -2.52. The molecule has 0 aromatic heterocycles. The smallest absolute Gasteiger partial charge is 0.332 e. The number of benzene rings is 2. The van der Waals surface area contributed by atoms with Crippen LogP contribution < -0.4 is 0 Å². The van der Waals surface area contributed by atoms with Crippen molar-refractivity contribution in [2.24, 2.45) is 15.4 Å². The minimum Gasteiger partial charge on any atom is -0.506 e. The summed E-state index contributed by atoms with van der Waals surface area (Å²) in [5.41, 5.74) is 0.413. The second-order valence-corrected chi connectivity index (χ2v) is 6.00. The number of phenolic OH excluding ortho intramolecular Hbond substituents is 1. The van der Waals surface area contributed by atoms with Crippen LogP contribution in [0.15, 0.2) is 56.7 Å². The zero-order chi connectivity index (χ0) is 17.0. The normalized spacial score (nSPS) is 12.3. The predicted molar refractivity (Wildman–Crippen MR) is 81.4 cm³/mol. The fourth-order valence-corrected chi connectivity index (χ4v) is 2.36. The van der Waals surface area contributed by atoms with Crippen molar-refractivity contribution in [2.75, 3.05) is 0 Å². The zero-order valence-electron chi connectivity index (χ0n) is 11.3. The number of azo groups is 1. The fourth-order valence-electron chi connectivity index (χ4n) is 1.64. The standard InChI is InChI=1S/C13H9ClFN3O4S/c14-12-6-10(4-8(7-16-20)13(12)19)18-17-9-2-1-3-11(5-9)23(15,21)22/h1-7,19-20H/b16-7+,18-17+. The van der Waals surface area contributed by atoms with Crippen LogP contribution in [0.2, 0.25) is 5.02 Å². The maximum Gasteiger partial charge on any atom is 0.332 e. The maximum absolute atomic E-state index is 12.9. The number of oxime groups is 1. The lowest BCUT2D eigenvalue weighted by Gasteiger charge is -2.02. The summed E-state index contributed by atoms with van der Waals surface area (Å²) < 4.78 is 34.6. The third-order valence-corrected chi connectivity index (χ3v) is 3.76. The number of halogens is 2. The molecule has 0 saturated carbocycles. The molecule has 2 N–H and O–H groups in total. The Morgan fingerprint density at radius 2 is 1.83 bits per heavy atom. The third-order valence-electron chi connectivity index (χ3n) is 2.65. The van der Waals surface area contributed by atoms with Crippen LogP contribution >= 0.6 is 11.6 Å². The number of nitrogens with zero attached hydrogens (tertiary/aromatic N) is 3. The Balaban J connectivity index is 2.38. The van der Waals surface area contributed by atoms with Crippen LogP contribution in [0.1, 0.15) is 5.56 Å². The molecular weight excluding hydrogens is 349 g/mol. The molecule has 120 valence electrons. The summed E-state index contributed by atoms with van der Waals surface area (Å²) in [6.07, 6.45) is 0.955. The van der Waals surface area contributed by atoms with E-state index < -0.39 is 15.1 Å². The van der Waals surface area contributed by atoms with Crippen molar-refractivity contribution in [3.05, 3.63) is 47.0 Å². The van der Waals surface area contributed by atoms with Crippen LogP contribution in [0.5, 0.6) is 5.75 Å². The van der Waals surface area contributed by atoms with Crippen molar-refractivity contribution in [2.45, 2.75) is 4.90 Å². The van der Waals surface area contributed by atoms with Gasteiger partial charge in [0.05, 0.1) is 22.6 Å². The lowest BCUT2D eigenvalue weighted by molar-refractivity contribution is 0.321. The molecule has 0 bridgehead atoms. The van der Waals surface area contributed by atoms with Gasteiger partial charge in [-0.25, -0.2) is 0 Å². The molecule has 2 rings (SSSR count). The van der Waals surface area contributed by atoms with Crippen molar-refractivity contribution in [3.63, 3.8) is 0 Å². The van der Waals surface area contributed by atoms with Gasteiger partial charge >= 0.3 is 10.2 Å². The van der Waals surface area contributed by atoms with E-state index in [0.29, 0.717) is 0 Å². The summed E-state index contributed by atoms with van der Waals surface area (Å²) in [6, 6.07) is 7.47. The number of aromatic hydroxyl groups is 1. The van der Waals surface area contributed by atoms with Crippen molar-refractivity contribution < 1.29 is 22.6 Å². The monoisotopic (exact) mass is 357 g/mol. The molecule has 0 aliphatic heterocycles. The molecule has 0 heterocycles. The number of rotatable bonds is 4. The molecular formula is C13H9ClFN3O4S. The van der Waals surface area contributed by atoms with E-state index in [2.05, 4.69) is 15.4 Å². The molecule has 7 nitrogen and oxygen atoms in total. The lowest BCUT2D eigenvalue weighted by Crippen LogP contribution is -1.90. The summed E-state index contributed by atoms with van der Waals surface area (Å²) in [7, 11) is -4.84. The summed E-state index contributed by atoms with van der Waals surface area (Å²) in [5.74, 6) is -0.297. The Morgan fingerprint density at radius 3 is 2.48 bits per heavy atom. The molecule has 23 heavy (non-hydrogen) atoms. The average molecular weight is 358 g/mol. The quantitative estimate of drug-likeness (QED) is 0.284. The molecule has 0 fully saturated rings. The Labute approximate surface area is 135 Å². The highest BCUT2D eigenvalue weighted by Crippen LogP contribution is 2.32. The first-order valence-corrected chi connectivity index (χ1v) is 7.74. The molecule has 0 amide bonds. The molecule has 2 aromatic rings. The maximum atomic E-state index is 12.9. The van der Waals surface area contributed by atoms with Crippen molar-refractivity contribution in [1.82, 2.24) is 0 Å². The molecule has 0 aliphatic rings. The van der Waals surface area contributed by atoms with E-state index in [1.165, 1.54) is 24.3 Å². The van der Waals surface area contributed by atoms with Gasteiger partial charge in [0.1, 0.15) is 10.6 Å². The molecule has 0 aliphatic carbocycles. The first-order chi connectivity index (χ1) is 10.8. The zero-order valence-corrected chi connectivity index (χ0v) is 12.8. The van der Waals surface area contributed by atoms with E-state index >= 15 is 0 Å². The third kappa shape index (κ3) is 4.24. The van der Waals surface area contributed by atoms with Crippen LogP contribution in [0.3, 0.4) is 0 Å². The van der Waals surface area contributed by atoms with E-state index in [-0.39, 0.29) is 27.7 Å². The van der Waals surface area contributed by atoms with Crippen LogP contribution in [-0.4, -0.2) is 24.9 Å². The first-order valence-electron chi connectivity index (χ1n) is 5.97. The average Bonchev–Trinajstić information content (AvgIpc) is 2.49. The molecule has 0 spiro atoms. The SMILES string of the molecule is O=S(=O)(F)c1cccc(/N=N/c2cc(Cl)c(O)c(/C=N/O)c2)c1. The highest BCUT2D eigenvalue weighted by atomic mass is 35.5. The fraction of sp³-hybridized carbons (Fsp3) is 0. The van der Waals surface area contributed by atoms with E-state index in [0.717, 1.165) is 18.3 Å². The summed E-state index contributed by atoms with van der Waals surface area (Å²) in [4.78, 5) is -0.536. The summed E-state index contributed by atoms with van der Waals surface area (Å²) in [5, 5.41) is 28.5. The highest BCUT2D eigenvalue weighted by molar-refractivity contribution is 7.86. The van der Waals surface area contributed by atoms with Gasteiger partial charge in [-0.15, -0.1) is 3.89 Å². The minimum absolute atomic E-state index is 0.0450. The molecule has 2 aromatic carbocycles. The Bertz CT molecular complexity index is 900. The Morgan fingerprint density at radius 1 is 1.13 bits per heavy atom. The summed E-state index contributed by atoms with van der Waals surface area (Å²) in [6.45, 7) is 0. The van der Waals surface area contributed by atoms with Crippen LogP contribution in [0.4, 0.5) is 15.3 Å². The number of hydrogen-bond acceptors (Lipinski definition) is 7. The van der Waals surface area contributed by atoms with Gasteiger partial charge in [-0.05, 0) is 30.3 Å². The second-order valence-electron chi connectivity index (χ2n) is 4.25. The molecule has 0 saturated heterocycles. The van der Waals surface area contributed by atoms with Crippen molar-refractivity contribution >= 4 is 39.4 Å². The van der Waals surface area contributed by atoms with Gasteiger partial charge in [0.2, 0.25) is 0 Å². The van der Waals surface area contributed by atoms with Gasteiger partial charge in [-0.3, -0.25) is 0 Å².